The Balaban J connectivity index is 4.43. The molecule has 0 saturated carbocycles. The highest BCUT2D eigenvalue weighted by Gasteiger charge is 2.19. The average molecular weight is 789 g/mol. The lowest BCUT2D eigenvalue weighted by molar-refractivity contribution is -0.167. The highest BCUT2D eigenvalue weighted by molar-refractivity contribution is 5.71. The Morgan fingerprint density at radius 1 is 0.351 bits per heavy atom. The number of carbonyl (C=O) groups is 3. The highest BCUT2D eigenvalue weighted by Crippen LogP contribution is 2.11. The summed E-state index contributed by atoms with van der Waals surface area (Å²) in [4.78, 5) is 37.6. The van der Waals surface area contributed by atoms with Crippen molar-refractivity contribution in [3.8, 4) is 0 Å². The van der Waals surface area contributed by atoms with Crippen LogP contribution in [0.4, 0.5) is 0 Å². The summed E-state index contributed by atoms with van der Waals surface area (Å²) in [6.07, 6.45) is 59.5. The highest BCUT2D eigenvalue weighted by atomic mass is 16.6. The van der Waals surface area contributed by atoms with Gasteiger partial charge in [-0.2, -0.15) is 0 Å². The van der Waals surface area contributed by atoms with Crippen LogP contribution in [-0.2, 0) is 28.6 Å². The summed E-state index contributed by atoms with van der Waals surface area (Å²) in [7, 11) is 0. The topological polar surface area (TPSA) is 78.9 Å². The van der Waals surface area contributed by atoms with Crippen molar-refractivity contribution in [2.45, 2.75) is 181 Å². The molecule has 320 valence electrons. The molecule has 1 unspecified atom stereocenters. The van der Waals surface area contributed by atoms with Gasteiger partial charge in [0.05, 0.1) is 0 Å². The van der Waals surface area contributed by atoms with E-state index in [0.717, 1.165) is 116 Å². The van der Waals surface area contributed by atoms with Crippen molar-refractivity contribution in [1.29, 1.82) is 0 Å². The molecule has 0 saturated heterocycles. The number of hydrogen-bond acceptors (Lipinski definition) is 6. The van der Waals surface area contributed by atoms with Crippen LogP contribution in [-0.4, -0.2) is 37.2 Å². The third-order valence-electron chi connectivity index (χ3n) is 8.75. The number of allylic oxidation sites excluding steroid dienone is 18. The first-order valence-corrected chi connectivity index (χ1v) is 22.4. The van der Waals surface area contributed by atoms with Crippen LogP contribution in [0.15, 0.2) is 109 Å². The van der Waals surface area contributed by atoms with Gasteiger partial charge in [-0.1, -0.05) is 156 Å². The fourth-order valence-corrected chi connectivity index (χ4v) is 5.49. The van der Waals surface area contributed by atoms with Crippen molar-refractivity contribution in [3.63, 3.8) is 0 Å². The molecule has 1 atom stereocenters. The second kappa shape index (κ2) is 44.8. The molecule has 0 radical (unpaired) electrons. The van der Waals surface area contributed by atoms with Gasteiger partial charge in [0, 0.05) is 19.3 Å². The summed E-state index contributed by atoms with van der Waals surface area (Å²) < 4.78 is 16.6. The Morgan fingerprint density at radius 3 is 1.07 bits per heavy atom. The van der Waals surface area contributed by atoms with Gasteiger partial charge < -0.3 is 14.2 Å². The molecule has 0 spiro atoms. The first kappa shape index (κ1) is 53.1. The molecule has 0 aliphatic rings. The summed E-state index contributed by atoms with van der Waals surface area (Å²) in [5.41, 5.74) is 0. The molecule has 0 aromatic rings. The summed E-state index contributed by atoms with van der Waals surface area (Å²) >= 11 is 0. The Morgan fingerprint density at radius 2 is 0.649 bits per heavy atom. The van der Waals surface area contributed by atoms with Gasteiger partial charge in [0.2, 0.25) is 0 Å². The van der Waals surface area contributed by atoms with Crippen molar-refractivity contribution in [1.82, 2.24) is 0 Å². The molecule has 0 fully saturated rings. The Bertz CT molecular complexity index is 1230. The zero-order valence-electron chi connectivity index (χ0n) is 36.3. The maximum absolute atomic E-state index is 12.7. The summed E-state index contributed by atoms with van der Waals surface area (Å²) in [5, 5.41) is 0. The van der Waals surface area contributed by atoms with Crippen LogP contribution in [0, 0.1) is 0 Å². The Hall–Kier alpha value is -3.93. The van der Waals surface area contributed by atoms with Gasteiger partial charge in [-0.3, -0.25) is 14.4 Å². The number of esters is 3. The van der Waals surface area contributed by atoms with Gasteiger partial charge in [-0.25, -0.2) is 0 Å². The second-order valence-corrected chi connectivity index (χ2v) is 14.2. The number of unbranched alkanes of at least 4 members (excludes halogenated alkanes) is 9. The molecule has 6 heteroatoms. The summed E-state index contributed by atoms with van der Waals surface area (Å²) in [6.45, 7) is 6.15. The zero-order valence-corrected chi connectivity index (χ0v) is 36.3. The molecular weight excluding hydrogens is 709 g/mol. The van der Waals surface area contributed by atoms with Crippen LogP contribution in [0.1, 0.15) is 175 Å². The number of hydrogen-bond donors (Lipinski definition) is 0. The second-order valence-electron chi connectivity index (χ2n) is 14.2. The molecule has 0 amide bonds. The van der Waals surface area contributed by atoms with Crippen LogP contribution in [0.5, 0.6) is 0 Å². The van der Waals surface area contributed by atoms with Crippen LogP contribution in [0.2, 0.25) is 0 Å². The van der Waals surface area contributed by atoms with Gasteiger partial charge >= 0.3 is 17.9 Å². The maximum atomic E-state index is 12.7. The molecule has 0 aromatic heterocycles. The van der Waals surface area contributed by atoms with Gasteiger partial charge in [0.25, 0.3) is 0 Å². The molecule has 0 rings (SSSR count). The minimum atomic E-state index is -0.822. The SMILES string of the molecule is CC/C=C\C/C=C\C/C=C\C/C=C\CCCCCCCCC(=O)OCC(COC(=O)CCCC/C=C\C/C=C\CC)OC(=O)CCC/C=C\C/C=C\C/C=C\CC. The van der Waals surface area contributed by atoms with Gasteiger partial charge in [0.15, 0.2) is 6.10 Å². The normalized spacial score (nSPS) is 13.1. The molecule has 57 heavy (non-hydrogen) atoms. The maximum Gasteiger partial charge on any atom is 0.306 e. The van der Waals surface area contributed by atoms with Crippen LogP contribution < -0.4 is 0 Å². The third kappa shape index (κ3) is 43.0. The standard InChI is InChI=1S/C51H80O6/c1-4-7-10-13-16-19-21-22-23-24-25-26-27-28-30-32-35-38-41-44-50(53)56-47-48(46-55-49(52)43-40-37-34-31-18-15-12-9-6-3)57-51(54)45-42-39-36-33-29-20-17-14-11-8-5-2/h7-12,16-20,22-23,25-26,31,33,36,48H,4-6,13-15,21,24,27-30,32,34-35,37-47H2,1-3H3/b10-7-,11-8-,12-9-,19-16-,20-17-,23-22-,26-25-,31-18-,36-33-. The Kier molecular flexibility index (Phi) is 41.7. The van der Waals surface area contributed by atoms with E-state index in [0.29, 0.717) is 19.3 Å². The largest absolute Gasteiger partial charge is 0.462 e. The van der Waals surface area contributed by atoms with E-state index in [4.69, 9.17) is 14.2 Å². The fraction of sp³-hybridized carbons (Fsp3) is 0.588. The minimum absolute atomic E-state index is 0.119. The van der Waals surface area contributed by atoms with Crippen LogP contribution in [0.25, 0.3) is 0 Å². The van der Waals surface area contributed by atoms with Crippen molar-refractivity contribution >= 4 is 17.9 Å². The van der Waals surface area contributed by atoms with E-state index in [1.165, 1.54) is 12.8 Å². The van der Waals surface area contributed by atoms with E-state index >= 15 is 0 Å². The van der Waals surface area contributed by atoms with Crippen molar-refractivity contribution in [2.75, 3.05) is 13.2 Å². The molecule has 0 N–H and O–H groups in total. The zero-order chi connectivity index (χ0) is 41.5. The van der Waals surface area contributed by atoms with E-state index in [1.807, 2.05) is 0 Å². The van der Waals surface area contributed by atoms with E-state index in [-0.39, 0.29) is 37.5 Å². The lowest BCUT2D eigenvalue weighted by atomic mass is 10.1. The molecular formula is C51H80O6. The van der Waals surface area contributed by atoms with E-state index in [9.17, 15) is 14.4 Å². The van der Waals surface area contributed by atoms with Crippen molar-refractivity contribution in [3.05, 3.63) is 109 Å². The van der Waals surface area contributed by atoms with Gasteiger partial charge in [-0.15, -0.1) is 0 Å². The molecule has 0 bridgehead atoms. The number of carbonyl (C=O) groups excluding carboxylic acids is 3. The average Bonchev–Trinajstić information content (AvgIpc) is 3.21. The van der Waals surface area contributed by atoms with Gasteiger partial charge in [-0.05, 0) is 109 Å². The fourth-order valence-electron chi connectivity index (χ4n) is 5.49. The Labute approximate surface area is 349 Å². The van der Waals surface area contributed by atoms with Gasteiger partial charge in [0.1, 0.15) is 13.2 Å². The monoisotopic (exact) mass is 789 g/mol. The van der Waals surface area contributed by atoms with Crippen LogP contribution in [0.3, 0.4) is 0 Å². The van der Waals surface area contributed by atoms with Crippen molar-refractivity contribution in [2.24, 2.45) is 0 Å². The predicted molar refractivity (Wildman–Crippen MR) is 242 cm³/mol. The minimum Gasteiger partial charge on any atom is -0.462 e. The summed E-state index contributed by atoms with van der Waals surface area (Å²) in [5.74, 6) is -1.04. The third-order valence-corrected chi connectivity index (χ3v) is 8.75. The number of rotatable bonds is 38. The van der Waals surface area contributed by atoms with E-state index in [2.05, 4.69) is 130 Å². The quantitative estimate of drug-likeness (QED) is 0.0268. The van der Waals surface area contributed by atoms with Crippen molar-refractivity contribution < 1.29 is 28.6 Å². The smallest absolute Gasteiger partial charge is 0.306 e. The molecule has 0 aliphatic carbocycles. The molecule has 0 heterocycles. The van der Waals surface area contributed by atoms with E-state index < -0.39 is 6.10 Å². The molecule has 0 aliphatic heterocycles. The first-order chi connectivity index (χ1) is 28.0. The summed E-state index contributed by atoms with van der Waals surface area (Å²) in [6, 6.07) is 0. The predicted octanol–water partition coefficient (Wildman–Crippen LogP) is 14.4. The molecule has 6 nitrogen and oxygen atoms in total. The lowest BCUT2D eigenvalue weighted by Gasteiger charge is -2.18. The lowest BCUT2D eigenvalue weighted by Crippen LogP contribution is -2.30. The number of ether oxygens (including phenoxy) is 3. The van der Waals surface area contributed by atoms with Crippen LogP contribution >= 0.6 is 0 Å². The van der Waals surface area contributed by atoms with E-state index in [1.54, 1.807) is 0 Å². The first-order valence-electron chi connectivity index (χ1n) is 22.4. The molecule has 0 aromatic carbocycles.